The lowest BCUT2D eigenvalue weighted by Gasteiger charge is -2.20. The lowest BCUT2D eigenvalue weighted by Crippen LogP contribution is -2.32. The summed E-state index contributed by atoms with van der Waals surface area (Å²) in [6.45, 7) is -0.0115. The molecule has 1 aromatic rings. The Hall–Kier alpha value is -2.33. The molecule has 0 aromatic heterocycles. The highest BCUT2D eigenvalue weighted by Crippen LogP contribution is 2.37. The van der Waals surface area contributed by atoms with E-state index in [2.05, 4.69) is 4.72 Å². The fourth-order valence-corrected chi connectivity index (χ4v) is 4.66. The van der Waals surface area contributed by atoms with Gasteiger partial charge in [0, 0.05) is 19.0 Å². The third kappa shape index (κ3) is 5.83. The fourth-order valence-electron chi connectivity index (χ4n) is 3.40. The second kappa shape index (κ2) is 9.74. The Bertz CT molecular complexity index is 842. The van der Waals surface area contributed by atoms with Crippen LogP contribution in [-0.2, 0) is 14.8 Å². The van der Waals surface area contributed by atoms with E-state index >= 15 is 0 Å². The number of benzene rings is 1. The van der Waals surface area contributed by atoms with Crippen molar-refractivity contribution in [3.63, 3.8) is 0 Å². The molecule has 8 nitrogen and oxygen atoms in total. The molecule has 1 fully saturated rings. The number of allylic oxidation sites excluding steroid dienone is 2. The number of halogens is 1. The number of nitrogens with one attached hydrogen (secondary N) is 1. The highest BCUT2D eigenvalue weighted by atomic mass is 32.2. The normalized spacial score (nSPS) is 22.5. The zero-order valence-electron chi connectivity index (χ0n) is 15.2. The molecule has 0 bridgehead atoms. The van der Waals surface area contributed by atoms with E-state index in [0.717, 1.165) is 12.1 Å². The summed E-state index contributed by atoms with van der Waals surface area (Å²) in [5, 5.41) is 19.7. The van der Waals surface area contributed by atoms with Gasteiger partial charge in [0.15, 0.2) is 4.90 Å². The van der Waals surface area contributed by atoms with E-state index in [1.54, 1.807) is 12.2 Å². The number of aliphatic carboxylic acids is 1. The van der Waals surface area contributed by atoms with Crippen LogP contribution in [0.1, 0.15) is 32.1 Å². The smallest absolute Gasteiger partial charge is 0.303 e. The molecule has 10 heteroatoms. The maximum absolute atomic E-state index is 14.2. The van der Waals surface area contributed by atoms with Gasteiger partial charge in [0.1, 0.15) is 6.17 Å². The zero-order valence-corrected chi connectivity index (χ0v) is 16.0. The van der Waals surface area contributed by atoms with Gasteiger partial charge in [-0.3, -0.25) is 14.9 Å². The predicted molar refractivity (Wildman–Crippen MR) is 100 cm³/mol. The Morgan fingerprint density at radius 3 is 2.71 bits per heavy atom. The average molecular weight is 414 g/mol. The summed E-state index contributed by atoms with van der Waals surface area (Å²) in [6.07, 6.45) is 3.93. The summed E-state index contributed by atoms with van der Waals surface area (Å²) >= 11 is 0. The van der Waals surface area contributed by atoms with Crippen molar-refractivity contribution in [1.82, 2.24) is 4.72 Å². The van der Waals surface area contributed by atoms with Crippen LogP contribution in [-0.4, -0.2) is 37.1 Å². The first-order valence-electron chi connectivity index (χ1n) is 8.96. The molecule has 28 heavy (non-hydrogen) atoms. The van der Waals surface area contributed by atoms with Crippen LogP contribution < -0.4 is 4.72 Å². The topological polar surface area (TPSA) is 127 Å². The first kappa shape index (κ1) is 22.0. The second-order valence-corrected chi connectivity index (χ2v) is 8.47. The van der Waals surface area contributed by atoms with Crippen molar-refractivity contribution in [3.05, 3.63) is 46.5 Å². The number of nitrogens with zero attached hydrogens (tertiary/aromatic N) is 1. The monoisotopic (exact) mass is 414 g/mol. The molecule has 0 radical (unpaired) electrons. The van der Waals surface area contributed by atoms with Crippen LogP contribution in [0.15, 0.2) is 41.3 Å². The molecule has 2 rings (SSSR count). The largest absolute Gasteiger partial charge is 0.481 e. The van der Waals surface area contributed by atoms with Gasteiger partial charge in [0.25, 0.3) is 5.69 Å². The molecule has 0 saturated heterocycles. The van der Waals surface area contributed by atoms with E-state index in [9.17, 15) is 27.7 Å². The minimum Gasteiger partial charge on any atom is -0.481 e. The van der Waals surface area contributed by atoms with Gasteiger partial charge in [-0.15, -0.1) is 0 Å². The maximum Gasteiger partial charge on any atom is 0.303 e. The lowest BCUT2D eigenvalue weighted by atomic mass is 9.92. The van der Waals surface area contributed by atoms with Crippen molar-refractivity contribution >= 4 is 21.7 Å². The van der Waals surface area contributed by atoms with Gasteiger partial charge in [-0.05, 0) is 43.6 Å². The number of carboxylic acid groups (broad SMARTS) is 1. The first-order chi connectivity index (χ1) is 13.2. The predicted octanol–water partition coefficient (Wildman–Crippen LogP) is 3.05. The van der Waals surface area contributed by atoms with E-state index in [1.807, 2.05) is 0 Å². The Balaban J connectivity index is 2.00. The van der Waals surface area contributed by atoms with Crippen LogP contribution in [0.3, 0.4) is 0 Å². The van der Waals surface area contributed by atoms with Crippen molar-refractivity contribution in [2.45, 2.75) is 43.2 Å². The summed E-state index contributed by atoms with van der Waals surface area (Å²) in [5.74, 6) is -1.53. The molecule has 1 aromatic carbocycles. The number of nitro groups is 1. The summed E-state index contributed by atoms with van der Waals surface area (Å²) in [4.78, 5) is 20.4. The zero-order chi connectivity index (χ0) is 20.7. The standard InChI is InChI=1S/C18H23FN2O6S/c19-15-11-10-13(14(15)6-2-1-3-9-18(22)23)12-20-28(26,27)17-8-5-4-7-16(17)21(24)25/h1-2,4-5,7-8,13-15,20H,3,6,9-12H2,(H,22,23)/b2-1-/t13-,14-,15-/m1/s1. The number of rotatable bonds is 10. The summed E-state index contributed by atoms with van der Waals surface area (Å²) < 4.78 is 41.5. The molecule has 154 valence electrons. The van der Waals surface area contributed by atoms with Crippen molar-refractivity contribution in [3.8, 4) is 0 Å². The fraction of sp³-hybridized carbons (Fsp3) is 0.500. The van der Waals surface area contributed by atoms with E-state index in [0.29, 0.717) is 25.7 Å². The molecular formula is C18H23FN2O6S. The quantitative estimate of drug-likeness (QED) is 0.344. The SMILES string of the molecule is O=C(O)CC/C=C\C[C@@H]1[C@@H](CNS(=O)(=O)c2ccccc2[N+](=O)[O-])CC[C@H]1F. The minimum atomic E-state index is -4.10. The van der Waals surface area contributed by atoms with E-state index in [4.69, 9.17) is 5.11 Å². The van der Waals surface area contributed by atoms with Gasteiger partial charge in [0.05, 0.1) is 4.92 Å². The number of nitro benzene ring substituents is 1. The lowest BCUT2D eigenvalue weighted by molar-refractivity contribution is -0.387. The maximum atomic E-state index is 14.2. The molecule has 0 heterocycles. The van der Waals surface area contributed by atoms with Crippen LogP contribution in [0.4, 0.5) is 10.1 Å². The highest BCUT2D eigenvalue weighted by Gasteiger charge is 2.36. The van der Waals surface area contributed by atoms with Crippen LogP contribution >= 0.6 is 0 Å². The minimum absolute atomic E-state index is 0.000691. The first-order valence-corrected chi connectivity index (χ1v) is 10.4. The molecule has 0 amide bonds. The van der Waals surface area contributed by atoms with Gasteiger partial charge in [-0.25, -0.2) is 17.5 Å². The average Bonchev–Trinajstić information content (AvgIpc) is 2.99. The van der Waals surface area contributed by atoms with E-state index < -0.39 is 37.7 Å². The Kier molecular flexibility index (Phi) is 7.64. The van der Waals surface area contributed by atoms with Crippen LogP contribution in [0.25, 0.3) is 0 Å². The number of alkyl halides is 1. The molecular weight excluding hydrogens is 391 g/mol. The number of hydrogen-bond acceptors (Lipinski definition) is 5. The highest BCUT2D eigenvalue weighted by molar-refractivity contribution is 7.89. The van der Waals surface area contributed by atoms with Gasteiger partial charge >= 0.3 is 5.97 Å². The third-order valence-electron chi connectivity index (χ3n) is 4.87. The number of sulfonamides is 1. The molecule has 0 spiro atoms. The molecule has 2 N–H and O–H groups in total. The summed E-state index contributed by atoms with van der Waals surface area (Å²) in [5.41, 5.74) is -0.511. The molecule has 3 atom stereocenters. The molecule has 1 aliphatic rings. The van der Waals surface area contributed by atoms with E-state index in [-0.39, 0.29) is 24.8 Å². The number of para-hydroxylation sites is 1. The molecule has 1 saturated carbocycles. The van der Waals surface area contributed by atoms with Crippen molar-refractivity contribution < 1.29 is 27.6 Å². The number of carboxylic acids is 1. The van der Waals surface area contributed by atoms with E-state index in [1.165, 1.54) is 12.1 Å². The Morgan fingerprint density at radius 1 is 1.32 bits per heavy atom. The van der Waals surface area contributed by atoms with Gasteiger partial charge in [-0.1, -0.05) is 24.3 Å². The van der Waals surface area contributed by atoms with Gasteiger partial charge in [-0.2, -0.15) is 0 Å². The summed E-state index contributed by atoms with van der Waals surface area (Å²) in [6, 6.07) is 5.07. The van der Waals surface area contributed by atoms with Crippen molar-refractivity contribution in [2.75, 3.05) is 6.54 Å². The van der Waals surface area contributed by atoms with Crippen LogP contribution in [0.5, 0.6) is 0 Å². The summed E-state index contributed by atoms with van der Waals surface area (Å²) in [7, 11) is -4.10. The number of carbonyl (C=O) groups is 1. The molecule has 0 unspecified atom stereocenters. The van der Waals surface area contributed by atoms with Crippen LogP contribution in [0.2, 0.25) is 0 Å². The molecule has 1 aliphatic carbocycles. The van der Waals surface area contributed by atoms with Gasteiger partial charge < -0.3 is 5.11 Å². The third-order valence-corrected chi connectivity index (χ3v) is 6.34. The van der Waals surface area contributed by atoms with Crippen molar-refractivity contribution in [2.24, 2.45) is 11.8 Å². The Morgan fingerprint density at radius 2 is 2.04 bits per heavy atom. The Labute approximate surface area is 162 Å². The van der Waals surface area contributed by atoms with Gasteiger partial charge in [0.2, 0.25) is 10.0 Å². The van der Waals surface area contributed by atoms with Crippen molar-refractivity contribution in [1.29, 1.82) is 0 Å². The second-order valence-electron chi connectivity index (χ2n) is 6.73. The molecule has 0 aliphatic heterocycles. The van der Waals surface area contributed by atoms with Crippen LogP contribution in [0, 0.1) is 22.0 Å². The number of hydrogen-bond donors (Lipinski definition) is 2.